The number of nitro groups is 1. The van der Waals surface area contributed by atoms with Gasteiger partial charge in [0.25, 0.3) is 5.69 Å². The maximum Gasteiger partial charge on any atom is 0.320 e. The zero-order valence-corrected chi connectivity index (χ0v) is 13.8. The number of aliphatic carboxylic acids is 1. The summed E-state index contributed by atoms with van der Waals surface area (Å²) in [5.41, 5.74) is -0.503. The van der Waals surface area contributed by atoms with Gasteiger partial charge < -0.3 is 10.4 Å². The first kappa shape index (κ1) is 18.3. The van der Waals surface area contributed by atoms with Crippen LogP contribution in [0.25, 0.3) is 0 Å². The number of nitrogens with one attached hydrogen (secondary N) is 2. The van der Waals surface area contributed by atoms with Gasteiger partial charge in [0.2, 0.25) is 10.0 Å². The highest BCUT2D eigenvalue weighted by Crippen LogP contribution is 2.24. The largest absolute Gasteiger partial charge is 0.480 e. The molecule has 0 bridgehead atoms. The van der Waals surface area contributed by atoms with Crippen LogP contribution < -0.4 is 10.0 Å². The summed E-state index contributed by atoms with van der Waals surface area (Å²) < 4.78 is 27.3. The molecule has 0 aromatic heterocycles. The van der Waals surface area contributed by atoms with Gasteiger partial charge in [0, 0.05) is 18.2 Å². The topological polar surface area (TPSA) is 139 Å². The number of nitrogens with zero attached hydrogens (tertiary/aromatic N) is 1. The van der Waals surface area contributed by atoms with Crippen LogP contribution in [0.15, 0.2) is 29.2 Å². The van der Waals surface area contributed by atoms with Gasteiger partial charge in [-0.1, -0.05) is 12.1 Å². The number of nitro benzene ring substituents is 1. The Balaban J connectivity index is 2.17. The third-order valence-corrected chi connectivity index (χ3v) is 5.62. The van der Waals surface area contributed by atoms with E-state index in [4.69, 9.17) is 5.11 Å². The van der Waals surface area contributed by atoms with Crippen molar-refractivity contribution in [2.75, 3.05) is 0 Å². The Morgan fingerprint density at radius 3 is 2.71 bits per heavy atom. The van der Waals surface area contributed by atoms with E-state index in [2.05, 4.69) is 10.0 Å². The number of benzene rings is 1. The number of hydrogen-bond acceptors (Lipinski definition) is 6. The molecule has 1 saturated heterocycles. The summed E-state index contributed by atoms with van der Waals surface area (Å²) in [7, 11) is -4.10. The summed E-state index contributed by atoms with van der Waals surface area (Å²) in [6, 6.07) is 3.39. The lowest BCUT2D eigenvalue weighted by molar-refractivity contribution is -0.387. The number of carboxylic acids is 1. The molecule has 1 fully saturated rings. The standard InChI is InChI=1S/C14H19N3O6S/c1-9(10-5-4-6-11(15-10)14(18)19)16-24(22,23)13-8-3-2-7-12(13)17(20)21/h2-3,7-11,15-16H,4-6H2,1H3,(H,18,19). The van der Waals surface area contributed by atoms with Crippen LogP contribution in [0.4, 0.5) is 5.69 Å². The molecule has 0 saturated carbocycles. The van der Waals surface area contributed by atoms with Crippen LogP contribution in [-0.4, -0.2) is 42.5 Å². The lowest BCUT2D eigenvalue weighted by atomic mass is 9.95. The molecule has 1 aliphatic heterocycles. The van der Waals surface area contributed by atoms with Gasteiger partial charge in [0.15, 0.2) is 4.90 Å². The monoisotopic (exact) mass is 357 g/mol. The lowest BCUT2D eigenvalue weighted by Crippen LogP contribution is -2.55. The first-order valence-electron chi connectivity index (χ1n) is 7.47. The van der Waals surface area contributed by atoms with Gasteiger partial charge in [-0.2, -0.15) is 0 Å². The molecule has 24 heavy (non-hydrogen) atoms. The average Bonchev–Trinajstić information content (AvgIpc) is 2.54. The molecule has 1 aliphatic rings. The third kappa shape index (κ3) is 4.08. The van der Waals surface area contributed by atoms with Crippen LogP contribution >= 0.6 is 0 Å². The summed E-state index contributed by atoms with van der Waals surface area (Å²) in [5.74, 6) is -0.978. The Morgan fingerprint density at radius 2 is 2.08 bits per heavy atom. The van der Waals surface area contributed by atoms with Gasteiger partial charge in [0.1, 0.15) is 6.04 Å². The van der Waals surface area contributed by atoms with Crippen molar-refractivity contribution < 1.29 is 23.2 Å². The molecule has 132 valence electrons. The summed E-state index contributed by atoms with van der Waals surface area (Å²) in [5, 5.41) is 23.0. The maximum absolute atomic E-state index is 12.5. The van der Waals surface area contributed by atoms with Gasteiger partial charge in [-0.25, -0.2) is 13.1 Å². The highest BCUT2D eigenvalue weighted by molar-refractivity contribution is 7.89. The smallest absolute Gasteiger partial charge is 0.320 e. The van der Waals surface area contributed by atoms with Crippen molar-refractivity contribution in [3.05, 3.63) is 34.4 Å². The second-order valence-corrected chi connectivity index (χ2v) is 7.41. The number of para-hydroxylation sites is 1. The van der Waals surface area contributed by atoms with Crippen LogP contribution in [0.2, 0.25) is 0 Å². The Kier molecular flexibility index (Phi) is 5.52. The number of hydrogen-bond donors (Lipinski definition) is 3. The van der Waals surface area contributed by atoms with Crippen LogP contribution in [0.1, 0.15) is 26.2 Å². The summed E-state index contributed by atoms with van der Waals surface area (Å²) in [6.45, 7) is 1.61. The minimum atomic E-state index is -4.10. The summed E-state index contributed by atoms with van der Waals surface area (Å²) in [4.78, 5) is 20.9. The van der Waals surface area contributed by atoms with E-state index in [1.165, 1.54) is 18.2 Å². The fourth-order valence-corrected chi connectivity index (χ4v) is 4.24. The normalized spacial score (nSPS) is 22.7. The molecule has 0 amide bonds. The molecule has 0 radical (unpaired) electrons. The van der Waals surface area contributed by atoms with E-state index in [0.29, 0.717) is 19.3 Å². The zero-order chi connectivity index (χ0) is 17.9. The fourth-order valence-electron chi connectivity index (χ4n) is 2.78. The molecule has 10 heteroatoms. The Bertz CT molecular complexity index is 736. The Labute approximate surface area is 139 Å². The average molecular weight is 357 g/mol. The highest BCUT2D eigenvalue weighted by Gasteiger charge is 2.33. The number of sulfonamides is 1. The first-order chi connectivity index (χ1) is 11.2. The number of rotatable bonds is 6. The van der Waals surface area contributed by atoms with Crippen molar-refractivity contribution in [1.29, 1.82) is 0 Å². The molecule has 3 atom stereocenters. The SMILES string of the molecule is CC(NS(=O)(=O)c1ccccc1[N+](=O)[O-])C1CCCC(C(=O)O)N1. The van der Waals surface area contributed by atoms with Crippen molar-refractivity contribution >= 4 is 21.7 Å². The van der Waals surface area contributed by atoms with E-state index in [-0.39, 0.29) is 6.04 Å². The van der Waals surface area contributed by atoms with Gasteiger partial charge in [-0.15, -0.1) is 0 Å². The molecule has 0 spiro atoms. The molecule has 1 aromatic carbocycles. The third-order valence-electron chi connectivity index (χ3n) is 4.02. The minimum absolute atomic E-state index is 0.364. The summed E-state index contributed by atoms with van der Waals surface area (Å²) in [6.07, 6.45) is 1.76. The van der Waals surface area contributed by atoms with Crippen LogP contribution in [0.3, 0.4) is 0 Å². The van der Waals surface area contributed by atoms with Gasteiger partial charge in [-0.05, 0) is 32.3 Å². The van der Waals surface area contributed by atoms with Gasteiger partial charge in [-0.3, -0.25) is 14.9 Å². The second-order valence-electron chi connectivity index (χ2n) is 5.73. The quantitative estimate of drug-likeness (QED) is 0.507. The number of piperidine rings is 1. The molecule has 3 N–H and O–H groups in total. The second kappa shape index (κ2) is 7.24. The maximum atomic E-state index is 12.5. The molecule has 3 unspecified atom stereocenters. The van der Waals surface area contributed by atoms with Gasteiger partial charge >= 0.3 is 5.97 Å². The van der Waals surface area contributed by atoms with Crippen LogP contribution in [-0.2, 0) is 14.8 Å². The van der Waals surface area contributed by atoms with E-state index in [0.717, 1.165) is 6.07 Å². The van der Waals surface area contributed by atoms with E-state index in [1.54, 1.807) is 6.92 Å². The molecule has 9 nitrogen and oxygen atoms in total. The van der Waals surface area contributed by atoms with Crippen molar-refractivity contribution in [3.63, 3.8) is 0 Å². The van der Waals surface area contributed by atoms with Crippen molar-refractivity contribution in [2.45, 2.75) is 49.2 Å². The number of carbonyl (C=O) groups is 1. The number of carboxylic acid groups (broad SMARTS) is 1. The molecule has 0 aliphatic carbocycles. The van der Waals surface area contributed by atoms with E-state index < -0.39 is 43.6 Å². The zero-order valence-electron chi connectivity index (χ0n) is 13.0. The minimum Gasteiger partial charge on any atom is -0.480 e. The van der Waals surface area contributed by atoms with E-state index >= 15 is 0 Å². The Morgan fingerprint density at radius 1 is 1.42 bits per heavy atom. The molecule has 1 aromatic rings. The summed E-state index contributed by atoms with van der Waals surface area (Å²) >= 11 is 0. The first-order valence-corrected chi connectivity index (χ1v) is 8.95. The van der Waals surface area contributed by atoms with Crippen LogP contribution in [0.5, 0.6) is 0 Å². The highest BCUT2D eigenvalue weighted by atomic mass is 32.2. The predicted octanol–water partition coefficient (Wildman–Crippen LogP) is 0.857. The van der Waals surface area contributed by atoms with Crippen LogP contribution in [0, 0.1) is 10.1 Å². The van der Waals surface area contributed by atoms with Crippen molar-refractivity contribution in [2.24, 2.45) is 0 Å². The van der Waals surface area contributed by atoms with E-state index in [9.17, 15) is 23.3 Å². The molecule has 2 rings (SSSR count). The van der Waals surface area contributed by atoms with Crippen molar-refractivity contribution in [3.8, 4) is 0 Å². The van der Waals surface area contributed by atoms with Gasteiger partial charge in [0.05, 0.1) is 4.92 Å². The predicted molar refractivity (Wildman–Crippen MR) is 85.1 cm³/mol. The fraction of sp³-hybridized carbons (Fsp3) is 0.500. The lowest BCUT2D eigenvalue weighted by Gasteiger charge is -2.32. The Hall–Kier alpha value is -2.04. The van der Waals surface area contributed by atoms with Crippen molar-refractivity contribution in [1.82, 2.24) is 10.0 Å². The van der Waals surface area contributed by atoms with E-state index in [1.807, 2.05) is 0 Å². The molecule has 1 heterocycles. The molecular formula is C14H19N3O6S. The molecular weight excluding hydrogens is 338 g/mol.